The Labute approximate surface area is 274 Å². The van der Waals surface area contributed by atoms with Crippen LogP contribution in [-0.2, 0) is 19.1 Å². The number of unbranched alkanes of at least 4 members (excludes halogenated alkanes) is 28. The summed E-state index contributed by atoms with van der Waals surface area (Å²) >= 11 is 0. The van der Waals surface area contributed by atoms with Crippen LogP contribution in [0.15, 0.2) is 0 Å². The highest BCUT2D eigenvalue weighted by Crippen LogP contribution is 2.15. The lowest BCUT2D eigenvalue weighted by Crippen LogP contribution is -2.28. The van der Waals surface area contributed by atoms with Crippen molar-refractivity contribution in [3.05, 3.63) is 0 Å². The van der Waals surface area contributed by atoms with E-state index in [0.717, 1.165) is 32.1 Å². The molecule has 0 aromatic rings. The van der Waals surface area contributed by atoms with Crippen molar-refractivity contribution in [2.45, 2.75) is 225 Å². The molecule has 0 heterocycles. The van der Waals surface area contributed by atoms with Crippen LogP contribution in [-0.4, -0.2) is 36.4 Å². The van der Waals surface area contributed by atoms with Gasteiger partial charge in [-0.2, -0.15) is 0 Å². The topological polar surface area (TPSA) is 72.8 Å². The molecule has 0 fully saturated rings. The molecule has 0 saturated heterocycles. The van der Waals surface area contributed by atoms with Crippen LogP contribution in [0.4, 0.5) is 0 Å². The summed E-state index contributed by atoms with van der Waals surface area (Å²) in [6.45, 7) is 4.16. The summed E-state index contributed by atoms with van der Waals surface area (Å²) in [5.74, 6) is -0.576. The minimum absolute atomic E-state index is 0.0569. The first-order valence-electron chi connectivity index (χ1n) is 19.6. The second-order valence-corrected chi connectivity index (χ2v) is 13.4. The molecule has 0 aromatic carbocycles. The van der Waals surface area contributed by atoms with Gasteiger partial charge in [-0.3, -0.25) is 9.59 Å². The molecule has 0 radical (unpaired) electrons. The van der Waals surface area contributed by atoms with Crippen molar-refractivity contribution in [1.82, 2.24) is 0 Å². The van der Waals surface area contributed by atoms with Crippen LogP contribution < -0.4 is 0 Å². The lowest BCUT2D eigenvalue weighted by atomic mass is 10.0. The third kappa shape index (κ3) is 33.8. The van der Waals surface area contributed by atoms with Crippen molar-refractivity contribution in [2.24, 2.45) is 0 Å². The molecule has 0 spiro atoms. The van der Waals surface area contributed by atoms with E-state index in [-0.39, 0.29) is 25.2 Å². The zero-order valence-corrected chi connectivity index (χ0v) is 29.7. The molecule has 5 nitrogen and oxygen atoms in total. The monoisotopic (exact) mass is 625 g/mol. The summed E-state index contributed by atoms with van der Waals surface area (Å²) in [6.07, 6.45) is 38.7. The Balaban J connectivity index is 3.48. The number of aliphatic hydroxyl groups is 1. The molecular formula is C39H76O5. The number of ether oxygens (including phenoxy) is 2. The summed E-state index contributed by atoms with van der Waals surface area (Å²) in [6, 6.07) is 0. The number of carbonyl (C=O) groups is 2. The average Bonchev–Trinajstić information content (AvgIpc) is 3.02. The van der Waals surface area contributed by atoms with Crippen molar-refractivity contribution >= 4 is 11.9 Å². The molecule has 1 atom stereocenters. The lowest BCUT2D eigenvalue weighted by molar-refractivity contribution is -0.161. The minimum atomic E-state index is -0.760. The predicted octanol–water partition coefficient (Wildman–Crippen LogP) is 12.0. The molecule has 1 N–H and O–H groups in total. The van der Waals surface area contributed by atoms with E-state index in [1.807, 2.05) is 0 Å². The fourth-order valence-electron chi connectivity index (χ4n) is 5.91. The Morgan fingerprint density at radius 3 is 1.00 bits per heavy atom. The second-order valence-electron chi connectivity index (χ2n) is 13.4. The van der Waals surface area contributed by atoms with E-state index in [0.29, 0.717) is 12.8 Å². The average molecular weight is 625 g/mol. The van der Waals surface area contributed by atoms with Crippen molar-refractivity contribution in [2.75, 3.05) is 13.2 Å². The summed E-state index contributed by atoms with van der Waals surface area (Å²) < 4.78 is 10.6. The first kappa shape index (κ1) is 42.9. The molecule has 0 amide bonds. The zero-order chi connectivity index (χ0) is 32.2. The number of hydrogen-bond donors (Lipinski definition) is 1. The molecule has 0 bridgehead atoms. The molecule has 0 aliphatic rings. The van der Waals surface area contributed by atoms with Gasteiger partial charge in [0, 0.05) is 12.8 Å². The summed E-state index contributed by atoms with van der Waals surface area (Å²) in [4.78, 5) is 24.2. The van der Waals surface area contributed by atoms with Crippen LogP contribution in [0, 0.1) is 0 Å². The van der Waals surface area contributed by atoms with Gasteiger partial charge in [-0.05, 0) is 12.8 Å². The number of rotatable bonds is 36. The Hall–Kier alpha value is -1.10. The number of hydrogen-bond acceptors (Lipinski definition) is 5. The van der Waals surface area contributed by atoms with Gasteiger partial charge >= 0.3 is 11.9 Å². The zero-order valence-electron chi connectivity index (χ0n) is 29.7. The molecule has 0 aliphatic heterocycles. The van der Waals surface area contributed by atoms with E-state index in [1.54, 1.807) is 0 Å². The quantitative estimate of drug-likeness (QED) is 0.0554. The van der Waals surface area contributed by atoms with Gasteiger partial charge in [-0.15, -0.1) is 0 Å². The number of esters is 2. The second kappa shape index (κ2) is 36.4. The van der Waals surface area contributed by atoms with Crippen molar-refractivity contribution in [3.8, 4) is 0 Å². The molecule has 0 rings (SSSR count). The smallest absolute Gasteiger partial charge is 0.306 e. The molecule has 0 unspecified atom stereocenters. The van der Waals surface area contributed by atoms with Crippen molar-refractivity contribution in [3.63, 3.8) is 0 Å². The Bertz CT molecular complexity index is 593. The standard InChI is InChI=1S/C39H76O5/c1-3-5-7-9-11-13-15-17-18-19-20-22-23-25-27-29-31-33-38(41)43-36-37(35-40)44-39(42)34-32-30-28-26-24-21-16-14-12-10-8-6-4-2/h37,40H,3-36H2,1-2H3/t37-/m0/s1. The van der Waals surface area contributed by atoms with Gasteiger partial charge in [-0.1, -0.05) is 194 Å². The number of carbonyl (C=O) groups excluding carboxylic acids is 2. The molecule has 0 aliphatic carbocycles. The molecule has 262 valence electrons. The van der Waals surface area contributed by atoms with Crippen LogP contribution in [0.3, 0.4) is 0 Å². The van der Waals surface area contributed by atoms with Crippen LogP contribution in [0.2, 0.25) is 0 Å². The highest BCUT2D eigenvalue weighted by molar-refractivity contribution is 5.70. The summed E-state index contributed by atoms with van der Waals surface area (Å²) in [5, 5.41) is 9.54. The van der Waals surface area contributed by atoms with Crippen molar-refractivity contribution in [1.29, 1.82) is 0 Å². The Kier molecular flexibility index (Phi) is 35.5. The van der Waals surface area contributed by atoms with Crippen LogP contribution >= 0.6 is 0 Å². The summed E-state index contributed by atoms with van der Waals surface area (Å²) in [7, 11) is 0. The highest BCUT2D eigenvalue weighted by atomic mass is 16.6. The van der Waals surface area contributed by atoms with Gasteiger partial charge < -0.3 is 14.6 Å². The fourth-order valence-corrected chi connectivity index (χ4v) is 5.91. The van der Waals surface area contributed by atoms with Gasteiger partial charge in [-0.25, -0.2) is 0 Å². The molecule has 44 heavy (non-hydrogen) atoms. The van der Waals surface area contributed by atoms with E-state index < -0.39 is 6.10 Å². The summed E-state index contributed by atoms with van der Waals surface area (Å²) in [5.41, 5.74) is 0. The predicted molar refractivity (Wildman–Crippen MR) is 187 cm³/mol. The van der Waals surface area contributed by atoms with Crippen molar-refractivity contribution < 1.29 is 24.2 Å². The molecular weight excluding hydrogens is 548 g/mol. The largest absolute Gasteiger partial charge is 0.462 e. The van der Waals surface area contributed by atoms with E-state index in [4.69, 9.17) is 9.47 Å². The minimum Gasteiger partial charge on any atom is -0.462 e. The maximum atomic E-state index is 12.1. The lowest BCUT2D eigenvalue weighted by Gasteiger charge is -2.15. The van der Waals surface area contributed by atoms with Crippen LogP contribution in [0.1, 0.15) is 219 Å². The Morgan fingerprint density at radius 2 is 0.705 bits per heavy atom. The SMILES string of the molecule is CCCCCCCCCCCCCCCCCCCC(=O)OC[C@H](CO)OC(=O)CCCCCCCCCCCCCCC. The molecule has 0 saturated carbocycles. The van der Waals surface area contributed by atoms with Gasteiger partial charge in [0.2, 0.25) is 0 Å². The van der Waals surface area contributed by atoms with E-state index in [2.05, 4.69) is 13.8 Å². The van der Waals surface area contributed by atoms with E-state index in [1.165, 1.54) is 161 Å². The van der Waals surface area contributed by atoms with Gasteiger partial charge in [0.05, 0.1) is 6.61 Å². The third-order valence-corrected chi connectivity index (χ3v) is 8.90. The molecule has 5 heteroatoms. The van der Waals surface area contributed by atoms with E-state index in [9.17, 15) is 14.7 Å². The first-order valence-corrected chi connectivity index (χ1v) is 19.6. The maximum absolute atomic E-state index is 12.1. The first-order chi connectivity index (χ1) is 21.6. The van der Waals surface area contributed by atoms with Crippen LogP contribution in [0.25, 0.3) is 0 Å². The Morgan fingerprint density at radius 1 is 0.432 bits per heavy atom. The van der Waals surface area contributed by atoms with Crippen LogP contribution in [0.5, 0.6) is 0 Å². The highest BCUT2D eigenvalue weighted by Gasteiger charge is 2.16. The molecule has 0 aromatic heterocycles. The van der Waals surface area contributed by atoms with Gasteiger partial charge in [0.1, 0.15) is 6.61 Å². The fraction of sp³-hybridized carbons (Fsp3) is 0.949. The van der Waals surface area contributed by atoms with E-state index >= 15 is 0 Å². The van der Waals surface area contributed by atoms with Gasteiger partial charge in [0.25, 0.3) is 0 Å². The normalized spacial score (nSPS) is 12.0. The van der Waals surface area contributed by atoms with Gasteiger partial charge in [0.15, 0.2) is 6.10 Å². The number of aliphatic hydroxyl groups excluding tert-OH is 1. The maximum Gasteiger partial charge on any atom is 0.306 e. The third-order valence-electron chi connectivity index (χ3n) is 8.90.